The molecule has 2 rings (SSSR count). The summed E-state index contributed by atoms with van der Waals surface area (Å²) in [6.07, 6.45) is 10.0. The van der Waals surface area contributed by atoms with Gasteiger partial charge in [-0.2, -0.15) is 0 Å². The maximum absolute atomic E-state index is 6.26. The molecule has 0 radical (unpaired) electrons. The Hall–Kier alpha value is -0.0800. The summed E-state index contributed by atoms with van der Waals surface area (Å²) in [4.78, 5) is 2.61. The summed E-state index contributed by atoms with van der Waals surface area (Å²) in [7, 11) is 0. The summed E-state index contributed by atoms with van der Waals surface area (Å²) in [5.41, 5.74) is 7.01. The number of likely N-dealkylation sites (tertiary alicyclic amines) is 1. The van der Waals surface area contributed by atoms with Crippen LogP contribution in [0.5, 0.6) is 0 Å². The molecule has 1 heterocycles. The van der Waals surface area contributed by atoms with Crippen LogP contribution in [0.25, 0.3) is 0 Å². The summed E-state index contributed by atoms with van der Waals surface area (Å²) in [5.74, 6) is 0.664. The molecule has 0 amide bonds. The van der Waals surface area contributed by atoms with Crippen molar-refractivity contribution in [1.82, 2.24) is 4.90 Å². The Morgan fingerprint density at radius 1 is 1.12 bits per heavy atom. The van der Waals surface area contributed by atoms with E-state index < -0.39 is 0 Å². The minimum Gasteiger partial charge on any atom is -0.326 e. The van der Waals surface area contributed by atoms with E-state index in [4.69, 9.17) is 5.73 Å². The van der Waals surface area contributed by atoms with E-state index in [-0.39, 0.29) is 0 Å². The zero-order valence-electron chi connectivity index (χ0n) is 11.8. The Morgan fingerprint density at radius 2 is 1.71 bits per heavy atom. The van der Waals surface area contributed by atoms with E-state index >= 15 is 0 Å². The fourth-order valence-electron chi connectivity index (χ4n) is 3.62. The summed E-state index contributed by atoms with van der Waals surface area (Å²) in [6.45, 7) is 8.24. The van der Waals surface area contributed by atoms with Crippen molar-refractivity contribution < 1.29 is 0 Å². The molecule has 2 atom stereocenters. The highest BCUT2D eigenvalue weighted by Crippen LogP contribution is 2.46. The highest BCUT2D eigenvalue weighted by Gasteiger charge is 2.37. The molecule has 1 saturated heterocycles. The second-order valence-electron chi connectivity index (χ2n) is 6.56. The summed E-state index contributed by atoms with van der Waals surface area (Å²) >= 11 is 0. The van der Waals surface area contributed by atoms with Crippen LogP contribution in [-0.4, -0.2) is 30.6 Å². The first-order valence-corrected chi connectivity index (χ1v) is 7.63. The third kappa shape index (κ3) is 3.23. The van der Waals surface area contributed by atoms with E-state index in [9.17, 15) is 0 Å². The van der Waals surface area contributed by atoms with Gasteiger partial charge in [-0.25, -0.2) is 0 Å². The fourth-order valence-corrected chi connectivity index (χ4v) is 3.62. The highest BCUT2D eigenvalue weighted by atomic mass is 15.1. The van der Waals surface area contributed by atoms with Crippen LogP contribution < -0.4 is 5.73 Å². The Bertz CT molecular complexity index is 223. The van der Waals surface area contributed by atoms with Gasteiger partial charge in [-0.15, -0.1) is 0 Å². The second-order valence-corrected chi connectivity index (χ2v) is 6.56. The zero-order valence-corrected chi connectivity index (χ0v) is 11.8. The number of piperidine rings is 1. The van der Waals surface area contributed by atoms with Gasteiger partial charge in [-0.3, -0.25) is 0 Å². The van der Waals surface area contributed by atoms with Crippen molar-refractivity contribution in [3.8, 4) is 0 Å². The van der Waals surface area contributed by atoms with Gasteiger partial charge in [0.2, 0.25) is 0 Å². The van der Waals surface area contributed by atoms with E-state index in [0.29, 0.717) is 12.0 Å². The van der Waals surface area contributed by atoms with Gasteiger partial charge in [0, 0.05) is 12.6 Å². The maximum atomic E-state index is 6.26. The van der Waals surface area contributed by atoms with Crippen LogP contribution in [0.15, 0.2) is 0 Å². The molecule has 1 spiro atoms. The van der Waals surface area contributed by atoms with E-state index in [1.54, 1.807) is 0 Å². The molecule has 2 fully saturated rings. The molecule has 0 aromatic heterocycles. The van der Waals surface area contributed by atoms with Crippen molar-refractivity contribution in [1.29, 1.82) is 0 Å². The molecule has 0 aromatic rings. The molecule has 0 bridgehead atoms. The molecule has 1 aliphatic carbocycles. The number of hydrogen-bond donors (Lipinski definition) is 1. The molecule has 2 aliphatic rings. The second kappa shape index (κ2) is 5.71. The molecule has 2 nitrogen and oxygen atoms in total. The molecular weight excluding hydrogens is 208 g/mol. The summed E-state index contributed by atoms with van der Waals surface area (Å²) in [6, 6.07) is 0.373. The largest absolute Gasteiger partial charge is 0.326 e. The Kier molecular flexibility index (Phi) is 4.48. The number of hydrogen-bond acceptors (Lipinski definition) is 2. The van der Waals surface area contributed by atoms with Crippen LogP contribution in [-0.2, 0) is 0 Å². The Balaban J connectivity index is 1.75. The minimum absolute atomic E-state index is 0.373. The van der Waals surface area contributed by atoms with Crippen molar-refractivity contribution >= 4 is 0 Å². The van der Waals surface area contributed by atoms with Crippen molar-refractivity contribution in [3.63, 3.8) is 0 Å². The molecule has 0 aromatic carbocycles. The molecule has 2 N–H and O–H groups in total. The first kappa shape index (κ1) is 13.4. The van der Waals surface area contributed by atoms with Gasteiger partial charge >= 0.3 is 0 Å². The third-order valence-corrected chi connectivity index (χ3v) is 5.42. The average Bonchev–Trinajstić information content (AvgIpc) is 2.80. The van der Waals surface area contributed by atoms with Crippen molar-refractivity contribution in [2.75, 3.05) is 19.6 Å². The van der Waals surface area contributed by atoms with E-state index in [1.165, 1.54) is 58.0 Å². The van der Waals surface area contributed by atoms with Gasteiger partial charge in [0.05, 0.1) is 0 Å². The number of nitrogens with two attached hydrogens (primary N) is 1. The lowest BCUT2D eigenvalue weighted by Gasteiger charge is -2.40. The SMILES string of the molecule is CCC(C)C(N)CN1CCC2(CCCC2)CC1. The fraction of sp³-hybridized carbons (Fsp3) is 1.00. The molecular formula is C15H30N2. The maximum Gasteiger partial charge on any atom is 0.0193 e. The van der Waals surface area contributed by atoms with Gasteiger partial charge in [0.1, 0.15) is 0 Å². The van der Waals surface area contributed by atoms with E-state index in [2.05, 4.69) is 18.7 Å². The quantitative estimate of drug-likeness (QED) is 0.816. The van der Waals surface area contributed by atoms with Gasteiger partial charge < -0.3 is 10.6 Å². The Morgan fingerprint density at radius 3 is 2.24 bits per heavy atom. The Labute approximate surface area is 107 Å². The van der Waals surface area contributed by atoms with Crippen LogP contribution in [0.4, 0.5) is 0 Å². The lowest BCUT2D eigenvalue weighted by atomic mass is 9.77. The molecule has 100 valence electrons. The average molecular weight is 238 g/mol. The van der Waals surface area contributed by atoms with Crippen molar-refractivity contribution in [2.24, 2.45) is 17.1 Å². The van der Waals surface area contributed by atoms with Gasteiger partial charge in [-0.05, 0) is 50.1 Å². The summed E-state index contributed by atoms with van der Waals surface area (Å²) < 4.78 is 0. The van der Waals surface area contributed by atoms with Crippen LogP contribution in [0.2, 0.25) is 0 Å². The van der Waals surface area contributed by atoms with Crippen LogP contribution in [0.3, 0.4) is 0 Å². The predicted molar refractivity (Wildman–Crippen MR) is 74.0 cm³/mol. The topological polar surface area (TPSA) is 29.3 Å². The predicted octanol–water partition coefficient (Wildman–Crippen LogP) is 3.02. The van der Waals surface area contributed by atoms with Crippen molar-refractivity contribution in [3.05, 3.63) is 0 Å². The minimum atomic E-state index is 0.373. The number of rotatable bonds is 4. The molecule has 1 saturated carbocycles. The molecule has 2 unspecified atom stereocenters. The first-order chi connectivity index (χ1) is 8.15. The van der Waals surface area contributed by atoms with Crippen LogP contribution >= 0.6 is 0 Å². The van der Waals surface area contributed by atoms with Gasteiger partial charge in [0.25, 0.3) is 0 Å². The normalized spacial score (nSPS) is 28.4. The lowest BCUT2D eigenvalue weighted by Crippen LogP contribution is -2.46. The highest BCUT2D eigenvalue weighted by molar-refractivity contribution is 4.90. The summed E-state index contributed by atoms with van der Waals surface area (Å²) in [5, 5.41) is 0. The zero-order chi connectivity index (χ0) is 12.3. The van der Waals surface area contributed by atoms with Crippen LogP contribution in [0, 0.1) is 11.3 Å². The lowest BCUT2D eigenvalue weighted by molar-refractivity contribution is 0.0987. The van der Waals surface area contributed by atoms with E-state index in [0.717, 1.165) is 12.0 Å². The number of nitrogens with zero attached hydrogens (tertiary/aromatic N) is 1. The smallest absolute Gasteiger partial charge is 0.0193 e. The third-order valence-electron chi connectivity index (χ3n) is 5.42. The molecule has 2 heteroatoms. The standard InChI is InChI=1S/C15H30N2/c1-3-13(2)14(16)12-17-10-8-15(9-11-17)6-4-5-7-15/h13-14H,3-12,16H2,1-2H3. The van der Waals surface area contributed by atoms with Gasteiger partial charge in [0.15, 0.2) is 0 Å². The van der Waals surface area contributed by atoms with E-state index in [1.807, 2.05) is 0 Å². The molecule has 17 heavy (non-hydrogen) atoms. The van der Waals surface area contributed by atoms with Crippen molar-refractivity contribution in [2.45, 2.75) is 64.8 Å². The van der Waals surface area contributed by atoms with Crippen LogP contribution in [0.1, 0.15) is 58.8 Å². The molecule has 1 aliphatic heterocycles. The van der Waals surface area contributed by atoms with Gasteiger partial charge in [-0.1, -0.05) is 33.1 Å². The first-order valence-electron chi connectivity index (χ1n) is 7.63. The monoisotopic (exact) mass is 238 g/mol.